The molecule has 8 heteroatoms. The highest BCUT2D eigenvalue weighted by atomic mass is 16.5. The third-order valence-electron chi connectivity index (χ3n) is 4.14. The molecule has 0 saturated carbocycles. The summed E-state index contributed by atoms with van der Waals surface area (Å²) in [5.41, 5.74) is 0.846. The fraction of sp³-hybridized carbons (Fsp3) is 0.471. The van der Waals surface area contributed by atoms with Crippen LogP contribution < -0.4 is 14.8 Å². The van der Waals surface area contributed by atoms with Crippen LogP contribution in [-0.2, 0) is 16.1 Å². The van der Waals surface area contributed by atoms with Crippen molar-refractivity contribution in [3.05, 3.63) is 35.4 Å². The number of carbonyl (C=O) groups excluding carboxylic acids is 1. The normalized spacial score (nSPS) is 20.2. The van der Waals surface area contributed by atoms with E-state index in [0.717, 1.165) is 5.56 Å². The van der Waals surface area contributed by atoms with Crippen LogP contribution in [0.25, 0.3) is 0 Å². The van der Waals surface area contributed by atoms with Crippen LogP contribution in [0.3, 0.4) is 0 Å². The van der Waals surface area contributed by atoms with Gasteiger partial charge < -0.3 is 19.5 Å². The highest BCUT2D eigenvalue weighted by Crippen LogP contribution is 2.37. The van der Waals surface area contributed by atoms with Gasteiger partial charge in [0.2, 0.25) is 5.91 Å². The molecule has 2 atom stereocenters. The van der Waals surface area contributed by atoms with Gasteiger partial charge in [-0.05, 0) is 31.5 Å². The largest absolute Gasteiger partial charge is 0.493 e. The first-order valence-electron chi connectivity index (χ1n) is 8.11. The van der Waals surface area contributed by atoms with Gasteiger partial charge in [-0.1, -0.05) is 6.07 Å². The molecule has 0 bridgehead atoms. The van der Waals surface area contributed by atoms with E-state index >= 15 is 0 Å². The molecule has 1 amide bonds. The number of amides is 1. The number of hydrogen-bond donors (Lipinski definition) is 1. The van der Waals surface area contributed by atoms with Gasteiger partial charge in [0.25, 0.3) is 0 Å². The summed E-state index contributed by atoms with van der Waals surface area (Å²) in [6.45, 7) is 4.49. The number of carbonyl (C=O) groups is 1. The molecular weight excluding hydrogens is 324 g/mol. The predicted molar refractivity (Wildman–Crippen MR) is 89.6 cm³/mol. The van der Waals surface area contributed by atoms with Crippen LogP contribution in [-0.4, -0.2) is 41.5 Å². The number of rotatable bonds is 5. The van der Waals surface area contributed by atoms with E-state index in [0.29, 0.717) is 29.7 Å². The van der Waals surface area contributed by atoms with E-state index in [1.807, 2.05) is 32.0 Å². The SMILES string of the molecule is CCn1nc(C)nc1[C@H]1OCC(=O)N[C@@H]1c1ccc(OC)c(OC)c1. The van der Waals surface area contributed by atoms with Crippen LogP contribution in [0.1, 0.15) is 36.3 Å². The molecule has 1 fully saturated rings. The Morgan fingerprint density at radius 2 is 2.08 bits per heavy atom. The Morgan fingerprint density at radius 1 is 1.32 bits per heavy atom. The summed E-state index contributed by atoms with van der Waals surface area (Å²) in [6.07, 6.45) is -0.433. The molecule has 1 saturated heterocycles. The van der Waals surface area contributed by atoms with Crippen molar-refractivity contribution in [1.29, 1.82) is 0 Å². The Labute approximate surface area is 146 Å². The molecule has 8 nitrogen and oxygen atoms in total. The zero-order valence-corrected chi connectivity index (χ0v) is 14.8. The van der Waals surface area contributed by atoms with Crippen molar-refractivity contribution in [3.63, 3.8) is 0 Å². The third-order valence-corrected chi connectivity index (χ3v) is 4.14. The molecule has 1 aromatic heterocycles. The van der Waals surface area contributed by atoms with Gasteiger partial charge in [-0.25, -0.2) is 9.67 Å². The maximum Gasteiger partial charge on any atom is 0.246 e. The number of morpholine rings is 1. The minimum atomic E-state index is -0.433. The third kappa shape index (κ3) is 3.30. The monoisotopic (exact) mass is 346 g/mol. The molecule has 2 aromatic rings. The molecule has 3 rings (SSSR count). The van der Waals surface area contributed by atoms with E-state index < -0.39 is 12.1 Å². The number of methoxy groups -OCH3 is 2. The first-order valence-corrected chi connectivity index (χ1v) is 8.11. The van der Waals surface area contributed by atoms with Gasteiger partial charge in [-0.15, -0.1) is 0 Å². The molecule has 0 aliphatic carbocycles. The Bertz CT molecular complexity index is 774. The van der Waals surface area contributed by atoms with Crippen molar-refractivity contribution in [1.82, 2.24) is 20.1 Å². The van der Waals surface area contributed by atoms with Crippen molar-refractivity contribution < 1.29 is 19.0 Å². The summed E-state index contributed by atoms with van der Waals surface area (Å²) >= 11 is 0. The second kappa shape index (κ2) is 7.10. The summed E-state index contributed by atoms with van der Waals surface area (Å²) in [4.78, 5) is 16.4. The van der Waals surface area contributed by atoms with Crippen LogP contribution >= 0.6 is 0 Å². The molecule has 1 aromatic carbocycles. The van der Waals surface area contributed by atoms with E-state index in [4.69, 9.17) is 14.2 Å². The van der Waals surface area contributed by atoms with Crippen molar-refractivity contribution in [2.75, 3.05) is 20.8 Å². The molecule has 1 aliphatic heterocycles. The number of aromatic nitrogens is 3. The highest BCUT2D eigenvalue weighted by molar-refractivity contribution is 5.78. The Morgan fingerprint density at radius 3 is 2.76 bits per heavy atom. The van der Waals surface area contributed by atoms with Gasteiger partial charge in [0.05, 0.1) is 20.3 Å². The highest BCUT2D eigenvalue weighted by Gasteiger charge is 2.36. The lowest BCUT2D eigenvalue weighted by Gasteiger charge is -2.32. The molecule has 25 heavy (non-hydrogen) atoms. The lowest BCUT2D eigenvalue weighted by atomic mass is 9.98. The Hall–Kier alpha value is -2.61. The maximum absolute atomic E-state index is 11.9. The summed E-state index contributed by atoms with van der Waals surface area (Å²) in [6, 6.07) is 5.13. The first-order chi connectivity index (χ1) is 12.1. The molecule has 2 heterocycles. The minimum absolute atomic E-state index is 0.00984. The molecule has 1 aliphatic rings. The number of aryl methyl sites for hydroxylation is 2. The number of ether oxygens (including phenoxy) is 3. The number of benzene rings is 1. The number of nitrogens with one attached hydrogen (secondary N) is 1. The quantitative estimate of drug-likeness (QED) is 0.884. The lowest BCUT2D eigenvalue weighted by molar-refractivity contribution is -0.138. The van der Waals surface area contributed by atoms with Crippen molar-refractivity contribution >= 4 is 5.91 Å². The second-order valence-electron chi connectivity index (χ2n) is 5.72. The predicted octanol–water partition coefficient (Wildman–Crippen LogP) is 1.55. The van der Waals surface area contributed by atoms with Gasteiger partial charge in [0.15, 0.2) is 17.3 Å². The summed E-state index contributed by atoms with van der Waals surface area (Å²) in [5.74, 6) is 2.41. The van der Waals surface area contributed by atoms with Crippen molar-refractivity contribution in [3.8, 4) is 11.5 Å². The Balaban J connectivity index is 2.02. The molecule has 0 radical (unpaired) electrons. The van der Waals surface area contributed by atoms with Crippen LogP contribution in [0.4, 0.5) is 0 Å². The van der Waals surface area contributed by atoms with Gasteiger partial charge in [-0.2, -0.15) is 5.10 Å². The first kappa shape index (κ1) is 17.2. The van der Waals surface area contributed by atoms with Crippen LogP contribution in [0.2, 0.25) is 0 Å². The topological polar surface area (TPSA) is 87.5 Å². The van der Waals surface area contributed by atoms with Gasteiger partial charge in [-0.3, -0.25) is 4.79 Å². The number of nitrogens with zero attached hydrogens (tertiary/aromatic N) is 3. The van der Waals surface area contributed by atoms with E-state index in [1.54, 1.807) is 18.9 Å². The van der Waals surface area contributed by atoms with Gasteiger partial charge in [0.1, 0.15) is 18.5 Å². The van der Waals surface area contributed by atoms with Crippen LogP contribution in [0, 0.1) is 6.92 Å². The summed E-state index contributed by atoms with van der Waals surface area (Å²) in [5, 5.41) is 7.37. The Kier molecular flexibility index (Phi) is 4.89. The maximum atomic E-state index is 11.9. The summed E-state index contributed by atoms with van der Waals surface area (Å²) < 4.78 is 18.3. The molecule has 0 spiro atoms. The average Bonchev–Trinajstić information content (AvgIpc) is 3.01. The fourth-order valence-corrected chi connectivity index (χ4v) is 3.00. The van der Waals surface area contributed by atoms with Crippen molar-refractivity contribution in [2.45, 2.75) is 32.5 Å². The lowest BCUT2D eigenvalue weighted by Crippen LogP contribution is -2.42. The minimum Gasteiger partial charge on any atom is -0.493 e. The zero-order chi connectivity index (χ0) is 18.0. The van der Waals surface area contributed by atoms with Crippen LogP contribution in [0.15, 0.2) is 18.2 Å². The molecule has 134 valence electrons. The van der Waals surface area contributed by atoms with Gasteiger partial charge in [0, 0.05) is 6.54 Å². The molecular formula is C17H22N4O4. The van der Waals surface area contributed by atoms with Gasteiger partial charge >= 0.3 is 0 Å². The smallest absolute Gasteiger partial charge is 0.246 e. The second-order valence-corrected chi connectivity index (χ2v) is 5.72. The number of hydrogen-bond acceptors (Lipinski definition) is 6. The fourth-order valence-electron chi connectivity index (χ4n) is 3.00. The van der Waals surface area contributed by atoms with E-state index in [-0.39, 0.29) is 12.5 Å². The summed E-state index contributed by atoms with van der Waals surface area (Å²) in [7, 11) is 3.16. The standard InChI is InChI=1S/C17H22N4O4/c1-5-21-17(18-10(2)20-21)16-15(19-14(22)9-25-16)11-6-7-12(23-3)13(8-11)24-4/h6-8,15-16H,5,9H2,1-4H3,(H,19,22)/t15-,16+/m1/s1. The molecule has 0 unspecified atom stereocenters. The zero-order valence-electron chi connectivity index (χ0n) is 14.8. The molecule has 1 N–H and O–H groups in total. The van der Waals surface area contributed by atoms with E-state index in [1.165, 1.54) is 0 Å². The van der Waals surface area contributed by atoms with E-state index in [2.05, 4.69) is 15.4 Å². The van der Waals surface area contributed by atoms with Crippen molar-refractivity contribution in [2.24, 2.45) is 0 Å². The van der Waals surface area contributed by atoms with Crippen LogP contribution in [0.5, 0.6) is 11.5 Å². The average molecular weight is 346 g/mol. The van der Waals surface area contributed by atoms with E-state index in [9.17, 15) is 4.79 Å².